The molecular weight excluding hydrogens is 269 g/mol. The van der Waals surface area contributed by atoms with Crippen LogP contribution in [-0.4, -0.2) is 34.2 Å². The number of rotatable bonds is 3. The maximum absolute atomic E-state index is 13.2. The Morgan fingerprint density at radius 1 is 1.45 bits per heavy atom. The van der Waals surface area contributed by atoms with Crippen LogP contribution in [0.1, 0.15) is 21.0 Å². The molecule has 0 spiro atoms. The summed E-state index contributed by atoms with van der Waals surface area (Å²) in [6.07, 6.45) is 0. The monoisotopic (exact) mass is 279 g/mol. The van der Waals surface area contributed by atoms with Crippen LogP contribution in [0, 0.1) is 5.82 Å². The van der Waals surface area contributed by atoms with E-state index in [-0.39, 0.29) is 23.0 Å². The lowest BCUT2D eigenvalue weighted by Gasteiger charge is -2.08. The van der Waals surface area contributed by atoms with Crippen molar-refractivity contribution < 1.29 is 18.7 Å². The first kappa shape index (κ1) is 13.5. The van der Waals surface area contributed by atoms with E-state index in [4.69, 9.17) is 5.73 Å². The molecule has 0 saturated carbocycles. The summed E-state index contributed by atoms with van der Waals surface area (Å²) in [5.41, 5.74) is 5.23. The number of nitrogen functional groups attached to an aromatic ring is 1. The maximum Gasteiger partial charge on any atom is 0.339 e. The third-order valence-corrected chi connectivity index (χ3v) is 2.35. The molecule has 0 radical (unpaired) electrons. The van der Waals surface area contributed by atoms with Gasteiger partial charge in [0.15, 0.2) is 0 Å². The van der Waals surface area contributed by atoms with Crippen molar-refractivity contribution in [2.75, 3.05) is 18.2 Å². The average Bonchev–Trinajstić information content (AvgIpc) is 2.85. The molecule has 4 N–H and O–H groups in total. The fourth-order valence-corrected chi connectivity index (χ4v) is 1.47. The molecule has 0 bridgehead atoms. The number of nitrogens with two attached hydrogens (primary N) is 1. The summed E-state index contributed by atoms with van der Waals surface area (Å²) < 4.78 is 17.8. The molecule has 0 atom stereocenters. The highest BCUT2D eigenvalue weighted by atomic mass is 19.1. The van der Waals surface area contributed by atoms with Gasteiger partial charge in [0.25, 0.3) is 5.91 Å². The molecule has 8 nitrogen and oxygen atoms in total. The van der Waals surface area contributed by atoms with E-state index in [1.807, 2.05) is 0 Å². The number of halogens is 1. The highest BCUT2D eigenvalue weighted by Crippen LogP contribution is 2.18. The zero-order valence-electron chi connectivity index (χ0n) is 10.3. The lowest BCUT2D eigenvalue weighted by Crippen LogP contribution is -2.17. The Bertz CT molecular complexity index is 670. The minimum Gasteiger partial charge on any atom is -0.465 e. The minimum atomic E-state index is -0.718. The number of nitrogens with one attached hydrogen (secondary N) is 2. The number of benzene rings is 1. The lowest BCUT2D eigenvalue weighted by molar-refractivity contribution is 0.0602. The van der Waals surface area contributed by atoms with E-state index < -0.39 is 17.7 Å². The second-order valence-corrected chi connectivity index (χ2v) is 3.68. The molecular formula is C11H10FN5O3. The minimum absolute atomic E-state index is 0.00902. The predicted octanol–water partition coefficient (Wildman–Crippen LogP) is 0.565. The van der Waals surface area contributed by atoms with E-state index in [2.05, 4.69) is 25.2 Å². The molecule has 1 aromatic heterocycles. The van der Waals surface area contributed by atoms with Gasteiger partial charge >= 0.3 is 5.97 Å². The fraction of sp³-hybridized carbons (Fsp3) is 0.0909. The van der Waals surface area contributed by atoms with E-state index in [1.54, 1.807) is 0 Å². The zero-order valence-corrected chi connectivity index (χ0v) is 10.3. The Kier molecular flexibility index (Phi) is 3.60. The average molecular weight is 279 g/mol. The van der Waals surface area contributed by atoms with Crippen molar-refractivity contribution in [1.29, 1.82) is 0 Å². The van der Waals surface area contributed by atoms with Crippen LogP contribution < -0.4 is 11.1 Å². The summed E-state index contributed by atoms with van der Waals surface area (Å²) in [4.78, 5) is 27.0. The van der Waals surface area contributed by atoms with Gasteiger partial charge in [-0.2, -0.15) is 4.98 Å². The normalized spacial score (nSPS) is 10.1. The molecule has 9 heteroatoms. The van der Waals surface area contributed by atoms with E-state index >= 15 is 0 Å². The number of carbonyl (C=O) groups is 2. The van der Waals surface area contributed by atoms with Crippen molar-refractivity contribution in [3.8, 4) is 0 Å². The SMILES string of the molecule is COC(=O)c1ccc(F)cc1NC(=O)c1nc(N)n[nH]1. The number of carbonyl (C=O) groups excluding carboxylic acids is 2. The predicted molar refractivity (Wildman–Crippen MR) is 66.5 cm³/mol. The molecule has 2 aromatic rings. The quantitative estimate of drug-likeness (QED) is 0.705. The van der Waals surface area contributed by atoms with Crippen molar-refractivity contribution in [1.82, 2.24) is 15.2 Å². The van der Waals surface area contributed by atoms with Gasteiger partial charge in [0.2, 0.25) is 11.8 Å². The molecule has 1 heterocycles. The van der Waals surface area contributed by atoms with Gasteiger partial charge in [-0.15, -0.1) is 5.10 Å². The number of amides is 1. The van der Waals surface area contributed by atoms with Crippen LogP contribution >= 0.6 is 0 Å². The number of hydrogen-bond donors (Lipinski definition) is 3. The number of aromatic amines is 1. The first-order chi connectivity index (χ1) is 9.51. The molecule has 1 aromatic carbocycles. The van der Waals surface area contributed by atoms with E-state index in [0.29, 0.717) is 0 Å². The van der Waals surface area contributed by atoms with Crippen molar-refractivity contribution in [3.63, 3.8) is 0 Å². The molecule has 1 amide bonds. The highest BCUT2D eigenvalue weighted by molar-refractivity contribution is 6.06. The van der Waals surface area contributed by atoms with Gasteiger partial charge in [0, 0.05) is 0 Å². The third-order valence-electron chi connectivity index (χ3n) is 2.35. The Hall–Kier alpha value is -2.97. The van der Waals surface area contributed by atoms with Gasteiger partial charge in [-0.05, 0) is 18.2 Å². The largest absolute Gasteiger partial charge is 0.465 e. The van der Waals surface area contributed by atoms with Crippen molar-refractivity contribution >= 4 is 23.5 Å². The summed E-state index contributed by atoms with van der Waals surface area (Å²) in [6, 6.07) is 3.27. The highest BCUT2D eigenvalue weighted by Gasteiger charge is 2.17. The third kappa shape index (κ3) is 2.71. The molecule has 0 unspecified atom stereocenters. The summed E-state index contributed by atoms with van der Waals surface area (Å²) in [5.74, 6) is -2.32. The molecule has 0 aliphatic carbocycles. The molecule has 104 valence electrons. The first-order valence-electron chi connectivity index (χ1n) is 5.38. The summed E-state index contributed by atoms with van der Waals surface area (Å²) in [5, 5.41) is 8.11. The van der Waals surface area contributed by atoms with E-state index in [0.717, 1.165) is 12.1 Å². The van der Waals surface area contributed by atoms with Crippen LogP contribution in [0.5, 0.6) is 0 Å². The van der Waals surface area contributed by atoms with E-state index in [1.165, 1.54) is 13.2 Å². The molecule has 0 aliphatic rings. The molecule has 0 aliphatic heterocycles. The van der Waals surface area contributed by atoms with Crippen LogP contribution in [0.2, 0.25) is 0 Å². The number of methoxy groups -OCH3 is 1. The standard InChI is InChI=1S/C11H10FN5O3/c1-20-10(19)6-3-2-5(12)4-7(6)14-9(18)8-15-11(13)17-16-8/h2-4H,1H3,(H,14,18)(H3,13,15,16,17). The number of hydrogen-bond acceptors (Lipinski definition) is 6. The molecule has 0 saturated heterocycles. The van der Waals surface area contributed by atoms with Crippen LogP contribution in [0.15, 0.2) is 18.2 Å². The van der Waals surface area contributed by atoms with E-state index in [9.17, 15) is 14.0 Å². The van der Waals surface area contributed by atoms with Crippen molar-refractivity contribution in [2.24, 2.45) is 0 Å². The van der Waals surface area contributed by atoms with Gasteiger partial charge in [-0.1, -0.05) is 0 Å². The second kappa shape index (κ2) is 5.34. The number of ether oxygens (including phenoxy) is 1. The lowest BCUT2D eigenvalue weighted by atomic mass is 10.1. The Morgan fingerprint density at radius 2 is 2.20 bits per heavy atom. The van der Waals surface area contributed by atoms with Gasteiger partial charge in [-0.25, -0.2) is 9.18 Å². The van der Waals surface area contributed by atoms with Crippen LogP contribution in [0.3, 0.4) is 0 Å². The number of anilines is 2. The zero-order chi connectivity index (χ0) is 14.7. The molecule has 2 rings (SSSR count). The summed E-state index contributed by atoms with van der Waals surface area (Å²) in [7, 11) is 1.18. The van der Waals surface area contributed by atoms with Gasteiger partial charge in [-0.3, -0.25) is 9.89 Å². The van der Waals surface area contributed by atoms with Gasteiger partial charge < -0.3 is 15.8 Å². The summed E-state index contributed by atoms with van der Waals surface area (Å²) >= 11 is 0. The van der Waals surface area contributed by atoms with Crippen LogP contribution in [-0.2, 0) is 4.74 Å². The van der Waals surface area contributed by atoms with Crippen molar-refractivity contribution in [2.45, 2.75) is 0 Å². The van der Waals surface area contributed by atoms with Gasteiger partial charge in [0.1, 0.15) is 5.82 Å². The van der Waals surface area contributed by atoms with Crippen LogP contribution in [0.4, 0.5) is 16.0 Å². The Labute approximate surface area is 112 Å². The topological polar surface area (TPSA) is 123 Å². The number of esters is 1. The number of H-pyrrole nitrogens is 1. The Balaban J connectivity index is 2.30. The smallest absolute Gasteiger partial charge is 0.339 e. The first-order valence-corrected chi connectivity index (χ1v) is 5.38. The second-order valence-electron chi connectivity index (χ2n) is 3.68. The summed E-state index contributed by atoms with van der Waals surface area (Å²) in [6.45, 7) is 0. The molecule has 0 fully saturated rings. The number of nitrogens with zero attached hydrogens (tertiary/aromatic N) is 2. The van der Waals surface area contributed by atoms with Crippen molar-refractivity contribution in [3.05, 3.63) is 35.4 Å². The van der Waals surface area contributed by atoms with Crippen LogP contribution in [0.25, 0.3) is 0 Å². The fourth-order valence-electron chi connectivity index (χ4n) is 1.47. The van der Waals surface area contributed by atoms with Gasteiger partial charge in [0.05, 0.1) is 18.4 Å². The molecule has 20 heavy (non-hydrogen) atoms. The Morgan fingerprint density at radius 3 is 2.80 bits per heavy atom. The number of aromatic nitrogens is 3. The maximum atomic E-state index is 13.2.